The van der Waals surface area contributed by atoms with Crippen LogP contribution < -0.4 is 5.32 Å². The van der Waals surface area contributed by atoms with Crippen LogP contribution in [0.4, 0.5) is 0 Å². The first kappa shape index (κ1) is 13.6. The molecule has 1 nitrogen and oxygen atoms in total. The van der Waals surface area contributed by atoms with E-state index in [4.69, 9.17) is 0 Å². The first-order chi connectivity index (χ1) is 8.92. The van der Waals surface area contributed by atoms with Gasteiger partial charge < -0.3 is 5.32 Å². The minimum atomic E-state index is 0.447. The minimum absolute atomic E-state index is 0.447. The highest BCUT2D eigenvalue weighted by atomic mass is 79.9. The Hall–Kier alpha value is -0.340. The fourth-order valence-corrected chi connectivity index (χ4v) is 4.90. The Morgan fingerprint density at radius 2 is 1.89 bits per heavy atom. The molecule has 0 amide bonds. The average molecular weight is 322 g/mol. The molecular weight excluding hydrogens is 298 g/mol. The van der Waals surface area contributed by atoms with E-state index in [-0.39, 0.29) is 0 Å². The van der Waals surface area contributed by atoms with Crippen LogP contribution in [0.15, 0.2) is 28.7 Å². The van der Waals surface area contributed by atoms with Gasteiger partial charge in [-0.15, -0.1) is 0 Å². The topological polar surface area (TPSA) is 12.0 Å². The van der Waals surface area contributed by atoms with E-state index < -0.39 is 0 Å². The number of rotatable bonds is 3. The summed E-state index contributed by atoms with van der Waals surface area (Å²) < 4.78 is 1.16. The van der Waals surface area contributed by atoms with E-state index in [0.29, 0.717) is 16.9 Å². The number of halogens is 1. The first-order valence-electron chi connectivity index (χ1n) is 7.40. The Morgan fingerprint density at radius 3 is 2.47 bits per heavy atom. The van der Waals surface area contributed by atoms with Gasteiger partial charge in [-0.25, -0.2) is 0 Å². The maximum absolute atomic E-state index is 3.86. The number of hydrogen-bond acceptors (Lipinski definition) is 1. The Labute approximate surface area is 125 Å². The zero-order chi connectivity index (χ0) is 13.7. The average Bonchev–Trinajstić information content (AvgIpc) is 2.82. The normalized spacial score (nSPS) is 35.8. The Morgan fingerprint density at radius 1 is 1.21 bits per heavy atom. The summed E-state index contributed by atoms with van der Waals surface area (Å²) in [6.45, 7) is 8.40. The molecule has 1 N–H and O–H groups in total. The van der Waals surface area contributed by atoms with Gasteiger partial charge in [-0.3, -0.25) is 0 Å². The van der Waals surface area contributed by atoms with Gasteiger partial charge in [0.25, 0.3) is 0 Å². The lowest BCUT2D eigenvalue weighted by Crippen LogP contribution is -2.49. The molecule has 0 spiro atoms. The van der Waals surface area contributed by atoms with Crippen molar-refractivity contribution in [2.45, 2.75) is 52.6 Å². The van der Waals surface area contributed by atoms with Crippen LogP contribution in [-0.4, -0.2) is 6.04 Å². The van der Waals surface area contributed by atoms with Gasteiger partial charge in [0.15, 0.2) is 0 Å². The molecule has 1 aromatic rings. The second-order valence-corrected chi connectivity index (χ2v) is 8.27. The molecule has 3 rings (SSSR count). The van der Waals surface area contributed by atoms with Crippen LogP contribution in [0.3, 0.4) is 0 Å². The molecule has 2 saturated carbocycles. The summed E-state index contributed by atoms with van der Waals surface area (Å²) in [6, 6.07) is 9.33. The summed E-state index contributed by atoms with van der Waals surface area (Å²) in [4.78, 5) is 0. The van der Waals surface area contributed by atoms with Gasteiger partial charge in [-0.2, -0.15) is 0 Å². The molecule has 0 aromatic heterocycles. The molecule has 3 unspecified atom stereocenters. The largest absolute Gasteiger partial charge is 0.309 e. The van der Waals surface area contributed by atoms with Gasteiger partial charge in [0.05, 0.1) is 0 Å². The van der Waals surface area contributed by atoms with Crippen molar-refractivity contribution in [3.63, 3.8) is 0 Å². The quantitative estimate of drug-likeness (QED) is 0.846. The fraction of sp³-hybridized carbons (Fsp3) is 0.647. The molecule has 3 atom stereocenters. The van der Waals surface area contributed by atoms with Crippen LogP contribution in [0.2, 0.25) is 0 Å². The molecule has 104 valence electrons. The highest BCUT2D eigenvalue weighted by molar-refractivity contribution is 9.10. The van der Waals surface area contributed by atoms with Crippen LogP contribution in [0, 0.1) is 16.7 Å². The van der Waals surface area contributed by atoms with E-state index in [2.05, 4.69) is 66.3 Å². The molecule has 0 saturated heterocycles. The standard InChI is InChI=1S/C17H24BrN/c1-16(2)13-8-9-17(3,10-13)15(16)19-11-12-4-6-14(18)7-5-12/h4-7,13,15,19H,8-11H2,1-3H3. The maximum atomic E-state index is 3.86. The summed E-state index contributed by atoms with van der Waals surface area (Å²) in [6.07, 6.45) is 4.25. The molecule has 2 aliphatic carbocycles. The van der Waals surface area contributed by atoms with E-state index in [0.717, 1.165) is 16.9 Å². The van der Waals surface area contributed by atoms with Crippen molar-refractivity contribution in [2.24, 2.45) is 16.7 Å². The summed E-state index contributed by atoms with van der Waals surface area (Å²) in [5.74, 6) is 0.917. The Balaban J connectivity index is 1.71. The number of hydrogen-bond donors (Lipinski definition) is 1. The van der Waals surface area contributed by atoms with E-state index in [1.807, 2.05) is 0 Å². The van der Waals surface area contributed by atoms with E-state index >= 15 is 0 Å². The smallest absolute Gasteiger partial charge is 0.0208 e. The third kappa shape index (κ3) is 2.27. The van der Waals surface area contributed by atoms with Crippen molar-refractivity contribution in [3.8, 4) is 0 Å². The van der Waals surface area contributed by atoms with E-state index in [9.17, 15) is 0 Å². The van der Waals surface area contributed by atoms with E-state index in [1.54, 1.807) is 0 Å². The first-order valence-corrected chi connectivity index (χ1v) is 8.19. The molecule has 0 aliphatic heterocycles. The molecule has 19 heavy (non-hydrogen) atoms. The lowest BCUT2D eigenvalue weighted by Gasteiger charge is -2.43. The molecule has 2 bridgehead atoms. The summed E-state index contributed by atoms with van der Waals surface area (Å²) >= 11 is 3.50. The van der Waals surface area contributed by atoms with Crippen LogP contribution in [0.1, 0.15) is 45.6 Å². The van der Waals surface area contributed by atoms with Gasteiger partial charge >= 0.3 is 0 Å². The van der Waals surface area contributed by atoms with Crippen molar-refractivity contribution in [2.75, 3.05) is 0 Å². The molecular formula is C17H24BrN. The van der Waals surface area contributed by atoms with Crippen molar-refractivity contribution in [3.05, 3.63) is 34.3 Å². The monoisotopic (exact) mass is 321 g/mol. The van der Waals surface area contributed by atoms with Gasteiger partial charge in [-0.05, 0) is 53.7 Å². The molecule has 0 radical (unpaired) electrons. The number of nitrogens with one attached hydrogen (secondary N) is 1. The fourth-order valence-electron chi connectivity index (χ4n) is 4.63. The van der Waals surface area contributed by atoms with Crippen molar-refractivity contribution in [1.82, 2.24) is 5.32 Å². The summed E-state index contributed by atoms with van der Waals surface area (Å²) in [5, 5.41) is 3.86. The second kappa shape index (κ2) is 4.60. The van der Waals surface area contributed by atoms with Crippen LogP contribution in [0.25, 0.3) is 0 Å². The van der Waals surface area contributed by atoms with Crippen LogP contribution >= 0.6 is 15.9 Å². The molecule has 1 aromatic carbocycles. The molecule has 2 heteroatoms. The lowest BCUT2D eigenvalue weighted by atomic mass is 9.68. The Bertz CT molecular complexity index is 460. The highest BCUT2D eigenvalue weighted by Crippen LogP contribution is 2.62. The summed E-state index contributed by atoms with van der Waals surface area (Å²) in [7, 11) is 0. The van der Waals surface area contributed by atoms with Gasteiger partial charge in [0.2, 0.25) is 0 Å². The maximum Gasteiger partial charge on any atom is 0.0208 e. The van der Waals surface area contributed by atoms with Gasteiger partial charge in [-0.1, -0.05) is 48.8 Å². The van der Waals surface area contributed by atoms with Crippen molar-refractivity contribution < 1.29 is 0 Å². The van der Waals surface area contributed by atoms with Crippen LogP contribution in [0.5, 0.6) is 0 Å². The van der Waals surface area contributed by atoms with Crippen LogP contribution in [-0.2, 0) is 6.54 Å². The summed E-state index contributed by atoms with van der Waals surface area (Å²) in [5.41, 5.74) is 2.34. The predicted octanol–water partition coefficient (Wildman–Crippen LogP) is 4.75. The third-order valence-corrected chi connectivity index (χ3v) is 6.22. The molecule has 2 aliphatic rings. The predicted molar refractivity (Wildman–Crippen MR) is 84.0 cm³/mol. The number of benzene rings is 1. The molecule has 0 heterocycles. The lowest BCUT2D eigenvalue weighted by molar-refractivity contribution is 0.108. The number of fused-ring (bicyclic) bond motifs is 2. The van der Waals surface area contributed by atoms with Crippen molar-refractivity contribution >= 4 is 15.9 Å². The van der Waals surface area contributed by atoms with E-state index in [1.165, 1.54) is 24.8 Å². The zero-order valence-electron chi connectivity index (χ0n) is 12.2. The third-order valence-electron chi connectivity index (χ3n) is 5.69. The Kier molecular flexibility index (Phi) is 3.30. The van der Waals surface area contributed by atoms with Gasteiger partial charge in [0, 0.05) is 17.1 Å². The zero-order valence-corrected chi connectivity index (χ0v) is 13.8. The van der Waals surface area contributed by atoms with Gasteiger partial charge in [0.1, 0.15) is 0 Å². The second-order valence-electron chi connectivity index (χ2n) is 7.36. The SMILES string of the molecule is CC12CCC(C1)C(C)(C)C2NCc1ccc(Br)cc1. The van der Waals surface area contributed by atoms with Crippen molar-refractivity contribution in [1.29, 1.82) is 0 Å². The molecule has 2 fully saturated rings. The minimum Gasteiger partial charge on any atom is -0.309 e. The highest BCUT2D eigenvalue weighted by Gasteiger charge is 2.58.